The fraction of sp³-hybridized carbons (Fsp3) is 0.120. The second-order valence-corrected chi connectivity index (χ2v) is 8.25. The molecule has 0 atom stereocenters. The molecule has 0 aliphatic rings. The Morgan fingerprint density at radius 3 is 2.79 bits per heavy atom. The predicted molar refractivity (Wildman–Crippen MR) is 125 cm³/mol. The highest BCUT2D eigenvalue weighted by atomic mass is 32.1. The number of aryl methyl sites for hydroxylation is 1. The molecule has 0 radical (unpaired) electrons. The van der Waals surface area contributed by atoms with Gasteiger partial charge in [-0.1, -0.05) is 30.3 Å². The van der Waals surface area contributed by atoms with Crippen molar-refractivity contribution in [1.82, 2.24) is 14.5 Å². The number of para-hydroxylation sites is 1. The predicted octanol–water partition coefficient (Wildman–Crippen LogP) is 5.63. The third-order valence-corrected chi connectivity index (χ3v) is 6.27. The lowest BCUT2D eigenvalue weighted by Crippen LogP contribution is -2.12. The van der Waals surface area contributed by atoms with Gasteiger partial charge in [0.2, 0.25) is 11.7 Å². The van der Waals surface area contributed by atoms with E-state index in [4.69, 9.17) is 10.00 Å². The Labute approximate surface area is 192 Å². The Morgan fingerprint density at radius 2 is 1.97 bits per heavy atom. The number of carbonyl (C=O) groups excluding carboxylic acids is 1. The van der Waals surface area contributed by atoms with E-state index in [1.54, 1.807) is 18.3 Å². The number of benzene rings is 2. The minimum atomic E-state index is -0.314. The molecular weight excluding hydrogens is 439 g/mol. The van der Waals surface area contributed by atoms with E-state index in [0.717, 1.165) is 26.9 Å². The van der Waals surface area contributed by atoms with E-state index >= 15 is 0 Å². The first-order chi connectivity index (χ1) is 16.2. The Hall–Kier alpha value is -4.09. The summed E-state index contributed by atoms with van der Waals surface area (Å²) in [7, 11) is 0. The van der Waals surface area contributed by atoms with Crippen LogP contribution in [0.15, 0.2) is 66.4 Å². The largest absolute Gasteiger partial charge is 0.469 e. The molecule has 2 aromatic carbocycles. The summed E-state index contributed by atoms with van der Waals surface area (Å²) in [6.45, 7) is 0.310. The van der Waals surface area contributed by atoms with Gasteiger partial charge in [0.25, 0.3) is 0 Å². The number of Topliss-reactive ketones (excluding diaryl/α,β-unsaturated/α-hetero) is 1. The number of hydrogen-bond donors (Lipinski definition) is 0. The Morgan fingerprint density at radius 1 is 1.15 bits per heavy atom. The van der Waals surface area contributed by atoms with Crippen molar-refractivity contribution in [3.63, 3.8) is 0 Å². The Bertz CT molecular complexity index is 1520. The monoisotopic (exact) mass is 456 g/mol. The molecule has 0 unspecified atom stereocenters. The summed E-state index contributed by atoms with van der Waals surface area (Å²) < 4.78 is 21.2. The molecule has 33 heavy (non-hydrogen) atoms. The molecule has 0 amide bonds. The SMILES string of the molecule is N#CCCn1cc(C(=O)COc2ncnc3scc(-c4ccc(F)cc4)c23)c2ccccc21. The van der Waals surface area contributed by atoms with Crippen LogP contribution in [0.2, 0.25) is 0 Å². The molecule has 0 saturated heterocycles. The van der Waals surface area contributed by atoms with Gasteiger partial charge < -0.3 is 9.30 Å². The van der Waals surface area contributed by atoms with E-state index < -0.39 is 0 Å². The number of hydrogen-bond acceptors (Lipinski definition) is 6. The van der Waals surface area contributed by atoms with Crippen molar-refractivity contribution >= 4 is 38.2 Å². The van der Waals surface area contributed by atoms with Crippen molar-refractivity contribution in [3.8, 4) is 23.1 Å². The lowest BCUT2D eigenvalue weighted by atomic mass is 10.1. The molecule has 0 spiro atoms. The van der Waals surface area contributed by atoms with Gasteiger partial charge in [-0.3, -0.25) is 4.79 Å². The van der Waals surface area contributed by atoms with Crippen molar-refractivity contribution in [2.45, 2.75) is 13.0 Å². The van der Waals surface area contributed by atoms with Gasteiger partial charge >= 0.3 is 0 Å². The van der Waals surface area contributed by atoms with E-state index in [2.05, 4.69) is 16.0 Å². The summed E-state index contributed by atoms with van der Waals surface area (Å²) in [5.74, 6) is -0.195. The molecule has 8 heteroatoms. The highest BCUT2D eigenvalue weighted by Crippen LogP contribution is 2.37. The van der Waals surface area contributed by atoms with E-state index in [9.17, 15) is 9.18 Å². The van der Waals surface area contributed by atoms with Crippen LogP contribution in [-0.4, -0.2) is 26.9 Å². The van der Waals surface area contributed by atoms with E-state index in [1.807, 2.05) is 34.2 Å². The van der Waals surface area contributed by atoms with Crippen molar-refractivity contribution in [1.29, 1.82) is 5.26 Å². The van der Waals surface area contributed by atoms with Crippen LogP contribution in [0, 0.1) is 17.1 Å². The summed E-state index contributed by atoms with van der Waals surface area (Å²) in [6, 6.07) is 15.9. The number of halogens is 1. The number of fused-ring (bicyclic) bond motifs is 2. The molecule has 5 rings (SSSR count). The van der Waals surface area contributed by atoms with Crippen LogP contribution in [0.25, 0.3) is 32.2 Å². The summed E-state index contributed by atoms with van der Waals surface area (Å²) >= 11 is 1.43. The third kappa shape index (κ3) is 3.95. The van der Waals surface area contributed by atoms with Gasteiger partial charge in [-0.25, -0.2) is 14.4 Å². The summed E-state index contributed by atoms with van der Waals surface area (Å²) in [4.78, 5) is 22.4. The summed E-state index contributed by atoms with van der Waals surface area (Å²) in [6.07, 6.45) is 3.53. The van der Waals surface area contributed by atoms with E-state index in [-0.39, 0.29) is 18.2 Å². The van der Waals surface area contributed by atoms with Gasteiger partial charge in [0.1, 0.15) is 17.0 Å². The van der Waals surface area contributed by atoms with Crippen LogP contribution >= 0.6 is 11.3 Å². The summed E-state index contributed by atoms with van der Waals surface area (Å²) in [5.41, 5.74) is 3.08. The van der Waals surface area contributed by atoms with Gasteiger partial charge in [0.05, 0.1) is 17.9 Å². The van der Waals surface area contributed by atoms with Gasteiger partial charge in [-0.15, -0.1) is 11.3 Å². The molecular formula is C25H17FN4O2S. The average Bonchev–Trinajstić information content (AvgIpc) is 3.44. The van der Waals surface area contributed by atoms with E-state index in [0.29, 0.717) is 29.8 Å². The van der Waals surface area contributed by atoms with Crippen LogP contribution in [0.5, 0.6) is 5.88 Å². The number of ketones is 1. The fourth-order valence-electron chi connectivity index (χ4n) is 3.84. The third-order valence-electron chi connectivity index (χ3n) is 5.38. The smallest absolute Gasteiger partial charge is 0.226 e. The molecule has 3 aromatic heterocycles. The molecule has 3 heterocycles. The number of ether oxygens (including phenoxy) is 1. The van der Waals surface area contributed by atoms with Gasteiger partial charge in [0, 0.05) is 40.2 Å². The number of thiophene rings is 1. The van der Waals surface area contributed by atoms with Crippen LogP contribution < -0.4 is 4.74 Å². The molecule has 0 aliphatic heterocycles. The molecule has 0 aliphatic carbocycles. The van der Waals surface area contributed by atoms with Crippen LogP contribution in [0.4, 0.5) is 4.39 Å². The van der Waals surface area contributed by atoms with Crippen molar-refractivity contribution in [2.75, 3.05) is 6.61 Å². The maximum Gasteiger partial charge on any atom is 0.226 e. The zero-order chi connectivity index (χ0) is 22.8. The quantitative estimate of drug-likeness (QED) is 0.297. The van der Waals surface area contributed by atoms with Gasteiger partial charge in [0.15, 0.2) is 6.61 Å². The minimum absolute atomic E-state index is 0.188. The fourth-order valence-corrected chi connectivity index (χ4v) is 4.74. The minimum Gasteiger partial charge on any atom is -0.469 e. The number of carbonyl (C=O) groups is 1. The maximum atomic E-state index is 13.4. The second-order valence-electron chi connectivity index (χ2n) is 7.39. The first kappa shape index (κ1) is 20.8. The van der Waals surface area contributed by atoms with Gasteiger partial charge in [-0.2, -0.15) is 5.26 Å². The number of nitriles is 1. The lowest BCUT2D eigenvalue weighted by Gasteiger charge is -2.07. The normalized spacial score (nSPS) is 11.0. The zero-order valence-electron chi connectivity index (χ0n) is 17.4. The second kappa shape index (κ2) is 8.81. The Balaban J connectivity index is 1.45. The molecule has 0 N–H and O–H groups in total. The van der Waals surface area contributed by atoms with Crippen LogP contribution in [-0.2, 0) is 6.54 Å². The first-order valence-corrected chi connectivity index (χ1v) is 11.1. The number of rotatable bonds is 7. The van der Waals surface area contributed by atoms with Crippen molar-refractivity contribution < 1.29 is 13.9 Å². The molecule has 6 nitrogen and oxygen atoms in total. The lowest BCUT2D eigenvalue weighted by molar-refractivity contribution is 0.0920. The molecule has 0 saturated carbocycles. The van der Waals surface area contributed by atoms with Crippen LogP contribution in [0.3, 0.4) is 0 Å². The highest BCUT2D eigenvalue weighted by Gasteiger charge is 2.18. The summed E-state index contributed by atoms with van der Waals surface area (Å²) in [5, 5.41) is 12.4. The number of aromatic nitrogens is 3. The van der Waals surface area contributed by atoms with Crippen LogP contribution in [0.1, 0.15) is 16.8 Å². The van der Waals surface area contributed by atoms with Crippen molar-refractivity contribution in [2.24, 2.45) is 0 Å². The zero-order valence-corrected chi connectivity index (χ0v) is 18.2. The van der Waals surface area contributed by atoms with E-state index in [1.165, 1.54) is 29.8 Å². The molecule has 0 fully saturated rings. The maximum absolute atomic E-state index is 13.4. The standard InChI is InChI=1S/C25H17FN4O2S/c26-17-8-6-16(7-9-17)20-14-33-25-23(20)24(28-15-29-25)32-13-22(31)19-12-30(11-3-10-27)21-5-2-1-4-18(19)21/h1-2,4-9,12,14-15H,3,11,13H2. The topological polar surface area (TPSA) is 80.8 Å². The first-order valence-electron chi connectivity index (χ1n) is 10.2. The number of nitrogens with zero attached hydrogens (tertiary/aromatic N) is 4. The average molecular weight is 457 g/mol. The molecule has 162 valence electrons. The molecule has 0 bridgehead atoms. The highest BCUT2D eigenvalue weighted by molar-refractivity contribution is 7.17. The Kier molecular flexibility index (Phi) is 5.55. The van der Waals surface area contributed by atoms with Gasteiger partial charge in [-0.05, 0) is 23.8 Å². The van der Waals surface area contributed by atoms with Crippen molar-refractivity contribution in [3.05, 3.63) is 77.8 Å². The molecule has 5 aromatic rings.